The highest BCUT2D eigenvalue weighted by atomic mass is 35.5. The number of aryl methyl sites for hydroxylation is 2. The molecule has 0 spiro atoms. The van der Waals surface area contributed by atoms with Gasteiger partial charge in [0.05, 0.1) is 17.1 Å². The van der Waals surface area contributed by atoms with E-state index in [0.29, 0.717) is 23.2 Å². The summed E-state index contributed by atoms with van der Waals surface area (Å²) in [5, 5.41) is 11.6. The van der Waals surface area contributed by atoms with E-state index in [1.165, 1.54) is 0 Å². The fourth-order valence-corrected chi connectivity index (χ4v) is 2.63. The van der Waals surface area contributed by atoms with E-state index in [1.54, 1.807) is 6.07 Å². The van der Waals surface area contributed by atoms with Crippen LogP contribution < -0.4 is 5.32 Å². The van der Waals surface area contributed by atoms with Gasteiger partial charge in [-0.05, 0) is 38.3 Å². The van der Waals surface area contributed by atoms with Gasteiger partial charge in [0.25, 0.3) is 5.91 Å². The molecular weight excluding hydrogens is 288 g/mol. The van der Waals surface area contributed by atoms with E-state index in [0.717, 1.165) is 30.1 Å². The van der Waals surface area contributed by atoms with Crippen LogP contribution in [0.1, 0.15) is 46.5 Å². The minimum Gasteiger partial charge on any atom is -0.345 e. The fraction of sp³-hybridized carbons (Fsp3) is 0.400. The summed E-state index contributed by atoms with van der Waals surface area (Å²) in [4.78, 5) is 12.2. The van der Waals surface area contributed by atoms with Gasteiger partial charge in [-0.1, -0.05) is 23.7 Å². The van der Waals surface area contributed by atoms with Crippen LogP contribution in [-0.2, 0) is 6.54 Å². The van der Waals surface area contributed by atoms with Crippen molar-refractivity contribution in [1.29, 1.82) is 0 Å². The van der Waals surface area contributed by atoms with Gasteiger partial charge in [-0.25, -0.2) is 0 Å². The molecule has 110 valence electrons. The van der Waals surface area contributed by atoms with E-state index in [9.17, 15) is 4.79 Å². The molecule has 1 aromatic carbocycles. The number of hydrogen-bond donors (Lipinski definition) is 1. The third-order valence-corrected chi connectivity index (χ3v) is 4.19. The molecule has 0 atom stereocenters. The van der Waals surface area contributed by atoms with Crippen LogP contribution in [0.3, 0.4) is 0 Å². The number of rotatable bonds is 4. The van der Waals surface area contributed by atoms with Gasteiger partial charge in [-0.2, -0.15) is 0 Å². The number of hydrogen-bond acceptors (Lipinski definition) is 3. The number of aromatic nitrogens is 3. The molecular formula is C15H17ClN4O. The summed E-state index contributed by atoms with van der Waals surface area (Å²) in [7, 11) is 0. The Labute approximate surface area is 128 Å². The molecule has 0 aliphatic heterocycles. The van der Waals surface area contributed by atoms with Crippen molar-refractivity contribution < 1.29 is 4.79 Å². The maximum Gasteiger partial charge on any atom is 0.253 e. The van der Waals surface area contributed by atoms with Crippen molar-refractivity contribution in [3.8, 4) is 0 Å². The minimum absolute atomic E-state index is 0.188. The number of nitrogens with zero attached hydrogens (tertiary/aromatic N) is 3. The quantitative estimate of drug-likeness (QED) is 0.945. The molecule has 1 N–H and O–H groups in total. The van der Waals surface area contributed by atoms with E-state index >= 15 is 0 Å². The molecule has 5 nitrogen and oxygen atoms in total. The van der Waals surface area contributed by atoms with E-state index in [1.807, 2.05) is 26.0 Å². The molecule has 1 aliphatic rings. The van der Waals surface area contributed by atoms with Crippen molar-refractivity contribution in [1.82, 2.24) is 20.1 Å². The van der Waals surface area contributed by atoms with Crippen molar-refractivity contribution in [2.45, 2.75) is 39.3 Å². The molecule has 0 unspecified atom stereocenters. The first kappa shape index (κ1) is 14.1. The van der Waals surface area contributed by atoms with Gasteiger partial charge in [0, 0.05) is 6.04 Å². The van der Waals surface area contributed by atoms with E-state index in [-0.39, 0.29) is 5.91 Å². The number of carbonyl (C=O) groups excluding carboxylic acids is 1. The summed E-state index contributed by atoms with van der Waals surface area (Å²) >= 11 is 6.17. The predicted molar refractivity (Wildman–Crippen MR) is 80.4 cm³/mol. The molecule has 3 rings (SSSR count). The van der Waals surface area contributed by atoms with Crippen LogP contribution in [0.15, 0.2) is 18.2 Å². The molecule has 2 aromatic rings. The van der Waals surface area contributed by atoms with Gasteiger partial charge in [0.2, 0.25) is 0 Å². The largest absolute Gasteiger partial charge is 0.345 e. The van der Waals surface area contributed by atoms with E-state index < -0.39 is 0 Å². The first-order chi connectivity index (χ1) is 10.1. The van der Waals surface area contributed by atoms with Gasteiger partial charge < -0.3 is 9.88 Å². The maximum atomic E-state index is 12.2. The molecule has 1 amide bonds. The van der Waals surface area contributed by atoms with Crippen molar-refractivity contribution in [2.24, 2.45) is 0 Å². The van der Waals surface area contributed by atoms with Crippen molar-refractivity contribution in [2.75, 3.05) is 0 Å². The Morgan fingerprint density at radius 1 is 1.38 bits per heavy atom. The van der Waals surface area contributed by atoms with Crippen LogP contribution >= 0.6 is 11.6 Å². The molecule has 1 fully saturated rings. The lowest BCUT2D eigenvalue weighted by atomic mass is 10.1. The Morgan fingerprint density at radius 3 is 2.86 bits per heavy atom. The monoisotopic (exact) mass is 304 g/mol. The minimum atomic E-state index is -0.188. The molecule has 21 heavy (non-hydrogen) atoms. The van der Waals surface area contributed by atoms with Gasteiger partial charge in [0.15, 0.2) is 5.82 Å². The van der Waals surface area contributed by atoms with Gasteiger partial charge in [-0.15, -0.1) is 10.2 Å². The molecule has 0 saturated heterocycles. The number of benzene rings is 1. The van der Waals surface area contributed by atoms with Gasteiger partial charge >= 0.3 is 0 Å². The normalized spacial score (nSPS) is 14.2. The molecule has 1 saturated carbocycles. The van der Waals surface area contributed by atoms with Crippen LogP contribution in [0.2, 0.25) is 5.02 Å². The number of amides is 1. The lowest BCUT2D eigenvalue weighted by molar-refractivity contribution is 0.0949. The Hall–Kier alpha value is -1.88. The molecule has 1 heterocycles. The lowest BCUT2D eigenvalue weighted by Crippen LogP contribution is -2.25. The third-order valence-electron chi connectivity index (χ3n) is 3.69. The summed E-state index contributed by atoms with van der Waals surface area (Å²) in [6.07, 6.45) is 2.31. The standard InChI is InChI=1S/C15H17ClN4O/c1-9-4-3-5-12(14(9)16)15(21)17-8-13-19-18-10(2)20(13)11-6-7-11/h3-5,11H,6-8H2,1-2H3,(H,17,21). The SMILES string of the molecule is Cc1cccc(C(=O)NCc2nnc(C)n2C2CC2)c1Cl. The van der Waals surface area contributed by atoms with Crippen LogP contribution in [0.4, 0.5) is 0 Å². The number of halogens is 1. The molecule has 0 radical (unpaired) electrons. The van der Waals surface area contributed by atoms with Crippen LogP contribution in [-0.4, -0.2) is 20.7 Å². The topological polar surface area (TPSA) is 59.8 Å². The zero-order valence-corrected chi connectivity index (χ0v) is 12.8. The maximum absolute atomic E-state index is 12.2. The third kappa shape index (κ3) is 2.78. The Balaban J connectivity index is 1.73. The second-order valence-corrected chi connectivity index (χ2v) is 5.76. The van der Waals surface area contributed by atoms with Crippen LogP contribution in [0.5, 0.6) is 0 Å². The average molecular weight is 305 g/mol. The molecule has 0 bridgehead atoms. The lowest BCUT2D eigenvalue weighted by Gasteiger charge is -2.09. The highest BCUT2D eigenvalue weighted by Crippen LogP contribution is 2.36. The Morgan fingerprint density at radius 2 is 2.14 bits per heavy atom. The van der Waals surface area contributed by atoms with Crippen molar-refractivity contribution >= 4 is 17.5 Å². The van der Waals surface area contributed by atoms with Crippen LogP contribution in [0, 0.1) is 13.8 Å². The van der Waals surface area contributed by atoms with Gasteiger partial charge in [-0.3, -0.25) is 4.79 Å². The summed E-state index contributed by atoms with van der Waals surface area (Å²) in [5.74, 6) is 1.51. The highest BCUT2D eigenvalue weighted by molar-refractivity contribution is 6.34. The second kappa shape index (κ2) is 5.48. The smallest absolute Gasteiger partial charge is 0.253 e. The number of nitrogens with one attached hydrogen (secondary N) is 1. The summed E-state index contributed by atoms with van der Waals surface area (Å²) in [6.45, 7) is 4.18. The summed E-state index contributed by atoms with van der Waals surface area (Å²) in [5.41, 5.74) is 1.38. The molecule has 1 aromatic heterocycles. The zero-order chi connectivity index (χ0) is 15.0. The van der Waals surface area contributed by atoms with E-state index in [4.69, 9.17) is 11.6 Å². The fourth-order valence-electron chi connectivity index (χ4n) is 2.42. The average Bonchev–Trinajstić information content (AvgIpc) is 3.23. The zero-order valence-electron chi connectivity index (χ0n) is 12.1. The Kier molecular flexibility index (Phi) is 3.68. The summed E-state index contributed by atoms with van der Waals surface area (Å²) < 4.78 is 2.11. The van der Waals surface area contributed by atoms with E-state index in [2.05, 4.69) is 20.1 Å². The first-order valence-corrected chi connectivity index (χ1v) is 7.39. The van der Waals surface area contributed by atoms with Crippen molar-refractivity contribution in [3.05, 3.63) is 46.0 Å². The molecule has 1 aliphatic carbocycles. The molecule has 6 heteroatoms. The first-order valence-electron chi connectivity index (χ1n) is 7.01. The summed E-state index contributed by atoms with van der Waals surface area (Å²) in [6, 6.07) is 5.93. The van der Waals surface area contributed by atoms with Gasteiger partial charge in [0.1, 0.15) is 5.82 Å². The second-order valence-electron chi connectivity index (χ2n) is 5.38. The predicted octanol–water partition coefficient (Wildman–Crippen LogP) is 2.81. The highest BCUT2D eigenvalue weighted by Gasteiger charge is 2.28. The number of carbonyl (C=O) groups is 1. The van der Waals surface area contributed by atoms with Crippen molar-refractivity contribution in [3.63, 3.8) is 0 Å². The Bertz CT molecular complexity index is 691. The van der Waals surface area contributed by atoms with Crippen LogP contribution in [0.25, 0.3) is 0 Å².